The average Bonchev–Trinajstić information content (AvgIpc) is 3.62. The van der Waals surface area contributed by atoms with Crippen LogP contribution in [-0.2, 0) is 0 Å². The first-order chi connectivity index (χ1) is 18.4. The van der Waals surface area contributed by atoms with Gasteiger partial charge in [0.25, 0.3) is 0 Å². The smallest absolute Gasteiger partial charge is 0.144 e. The molecule has 0 radical (unpaired) electrons. The minimum atomic E-state index is 0.969. The van der Waals surface area contributed by atoms with Crippen molar-refractivity contribution in [3.63, 3.8) is 0 Å². The van der Waals surface area contributed by atoms with E-state index < -0.39 is 0 Å². The lowest BCUT2D eigenvalue weighted by Gasteiger charge is -2.12. The highest BCUT2D eigenvalue weighted by Gasteiger charge is 2.27. The predicted octanol–water partition coefficient (Wildman–Crippen LogP) is -13.8. The van der Waals surface area contributed by atoms with Gasteiger partial charge in [-0.15, -0.1) is 10.9 Å². The predicted molar refractivity (Wildman–Crippen MR) is 208 cm³/mol. The largest absolute Gasteiger partial charge is 0.456 e. The fraction of sp³-hybridized carbons (Fsp3) is 0. The highest BCUT2D eigenvalue weighted by atomic mass is 16.3. The summed E-state index contributed by atoms with van der Waals surface area (Å²) in [7, 11) is 26.8. The zero-order valence-electron chi connectivity index (χ0n) is 25.3. The molecule has 3 aromatic heterocycles. The van der Waals surface area contributed by atoms with Crippen molar-refractivity contribution in [2.24, 2.45) is 0 Å². The number of aromatic nitrogens is 1. The van der Waals surface area contributed by atoms with Gasteiger partial charge in [0.1, 0.15) is 116 Å². The van der Waals surface area contributed by atoms with E-state index in [-0.39, 0.29) is 0 Å². The normalized spacial score (nSPS) is 12.3. The Kier molecular flexibility index (Phi) is 5.03. The Morgan fingerprint density at radius 2 is 0.564 bits per heavy atom. The lowest BCUT2D eigenvalue weighted by Crippen LogP contribution is -2.47. The van der Waals surface area contributed by atoms with Crippen molar-refractivity contribution in [1.82, 2.24) is 4.98 Å². The molecule has 0 spiro atoms. The highest BCUT2D eigenvalue weighted by Crippen LogP contribution is 2.39. The Hall–Kier alpha value is -2.94. The summed E-state index contributed by atoms with van der Waals surface area (Å²) in [6, 6.07) is 0. The van der Waals surface area contributed by atoms with Gasteiger partial charge in [-0.05, 0) is 0 Å². The first-order valence-electron chi connectivity index (χ1n) is 14.1. The molecule has 0 saturated carbocycles. The van der Waals surface area contributed by atoms with E-state index in [4.69, 9.17) is 8.83 Å². The second kappa shape index (κ2) is 7.83. The number of aromatic amines is 1. The lowest BCUT2D eigenvalue weighted by molar-refractivity contribution is 0.673. The molecule has 174 valence electrons. The van der Waals surface area contributed by atoms with Gasteiger partial charge in [-0.2, -0.15) is 0 Å². The van der Waals surface area contributed by atoms with Crippen LogP contribution in [0.25, 0.3) is 65.7 Å². The van der Waals surface area contributed by atoms with Gasteiger partial charge in [0.05, 0.1) is 10.8 Å². The van der Waals surface area contributed by atoms with Crippen LogP contribution >= 0.6 is 0 Å². The minimum absolute atomic E-state index is 0.969. The van der Waals surface area contributed by atoms with Crippen LogP contribution in [0.2, 0.25) is 0 Å². The van der Waals surface area contributed by atoms with Crippen molar-refractivity contribution in [2.75, 3.05) is 0 Å². The molecule has 0 unspecified atom stereocenters. The molecule has 0 aliphatic carbocycles. The molecule has 7 aromatic rings. The van der Waals surface area contributed by atoms with Crippen molar-refractivity contribution in [3.8, 4) is 0 Å². The molecule has 15 heteroatoms. The maximum absolute atomic E-state index is 6.93. The first-order valence-corrected chi connectivity index (χ1v) is 14.1. The summed E-state index contributed by atoms with van der Waals surface area (Å²) in [4.78, 5) is 3.85. The lowest BCUT2D eigenvalue weighted by atomic mass is 9.65. The summed E-state index contributed by atoms with van der Waals surface area (Å²) in [5.74, 6) is 0. The zero-order valence-corrected chi connectivity index (χ0v) is 25.3. The molecule has 4 aromatic carbocycles. The molecule has 1 N–H and O–H groups in total. The quantitative estimate of drug-likeness (QED) is 0.215. The number of nitrogens with one attached hydrogen (secondary N) is 1. The van der Waals surface area contributed by atoms with E-state index in [0.717, 1.165) is 44.1 Å². The SMILES string of the molecule is Bc1c(B)c(B)c2c(oc3c2c(B)c(B)c2[nH]c4c(B)c(B)c5c(oc6c(B)c(B)c(B)c(B)c65)c4c23)c1B. The van der Waals surface area contributed by atoms with Crippen LogP contribution in [0.4, 0.5) is 0 Å². The molecule has 0 amide bonds. The Balaban J connectivity index is 1.86. The monoisotopic (exact) mass is 491 g/mol. The number of benzene rings is 4. The van der Waals surface area contributed by atoms with E-state index in [1.54, 1.807) is 0 Å². The molecule has 3 nitrogen and oxygen atoms in total. The number of rotatable bonds is 0. The van der Waals surface area contributed by atoms with Gasteiger partial charge in [0.15, 0.2) is 0 Å². The molecule has 0 aliphatic rings. The number of H-pyrrole nitrogens is 1. The second-order valence-corrected chi connectivity index (χ2v) is 12.1. The van der Waals surface area contributed by atoms with E-state index in [9.17, 15) is 0 Å². The third-order valence-electron chi connectivity index (χ3n) is 10.7. The molecule has 0 aliphatic heterocycles. The van der Waals surface area contributed by atoms with Crippen LogP contribution in [0, 0.1) is 0 Å². The van der Waals surface area contributed by atoms with Gasteiger partial charge in [0.2, 0.25) is 0 Å². The molecule has 0 atom stereocenters. The third kappa shape index (κ3) is 2.80. The van der Waals surface area contributed by atoms with E-state index in [1.165, 1.54) is 87.1 Å². The molecular weight excluding hydrogens is 464 g/mol. The van der Waals surface area contributed by atoms with E-state index in [1.807, 2.05) is 0 Å². The summed E-state index contributed by atoms with van der Waals surface area (Å²) < 4.78 is 13.9. The van der Waals surface area contributed by atoms with Gasteiger partial charge in [0, 0.05) is 32.6 Å². The Morgan fingerprint density at radius 3 is 0.923 bits per heavy atom. The second-order valence-electron chi connectivity index (χ2n) is 12.1. The van der Waals surface area contributed by atoms with Crippen LogP contribution in [0.3, 0.4) is 0 Å². The van der Waals surface area contributed by atoms with Crippen LogP contribution in [0.15, 0.2) is 8.83 Å². The standard InChI is InChI=1S/C24H25B12NO2/c25-7-3-1-9(27)15(33)19-5(21(1)38-23(3)17(35)13(31)11(7)29)6-20(37-19)16(34)10(28)2-4-8(26)12(30)14(32)18(36)24(4)39-22(2)6/h37H,25-36H2. The highest BCUT2D eigenvalue weighted by molar-refractivity contribution is 6.71. The van der Waals surface area contributed by atoms with E-state index >= 15 is 0 Å². The maximum Gasteiger partial charge on any atom is 0.144 e. The van der Waals surface area contributed by atoms with Crippen LogP contribution in [-0.4, -0.2) is 99.1 Å². The van der Waals surface area contributed by atoms with E-state index in [2.05, 4.69) is 99.1 Å². The summed E-state index contributed by atoms with van der Waals surface area (Å²) >= 11 is 0. The molecule has 39 heavy (non-hydrogen) atoms. The van der Waals surface area contributed by atoms with Gasteiger partial charge < -0.3 is 13.8 Å². The van der Waals surface area contributed by atoms with Gasteiger partial charge >= 0.3 is 0 Å². The van der Waals surface area contributed by atoms with Crippen molar-refractivity contribution in [1.29, 1.82) is 0 Å². The van der Waals surface area contributed by atoms with Crippen molar-refractivity contribution in [3.05, 3.63) is 0 Å². The summed E-state index contributed by atoms with van der Waals surface area (Å²) in [5.41, 5.74) is 21.8. The number of furan rings is 2. The topological polar surface area (TPSA) is 42.1 Å². The first kappa shape index (κ1) is 25.1. The van der Waals surface area contributed by atoms with Crippen LogP contribution in [0.5, 0.6) is 0 Å². The number of hydrogen-bond acceptors (Lipinski definition) is 2. The van der Waals surface area contributed by atoms with Crippen molar-refractivity contribution < 1.29 is 8.83 Å². The molecule has 0 bridgehead atoms. The Bertz CT molecular complexity index is 2150. The van der Waals surface area contributed by atoms with Gasteiger partial charge in [-0.1, -0.05) is 54.6 Å². The van der Waals surface area contributed by atoms with Crippen molar-refractivity contribution >= 4 is 225 Å². The third-order valence-corrected chi connectivity index (χ3v) is 10.7. The molecule has 7 rings (SSSR count). The number of fused-ring (bicyclic) bond motifs is 11. The molecule has 0 fully saturated rings. The Morgan fingerprint density at radius 1 is 0.282 bits per heavy atom. The average molecular weight is 489 g/mol. The van der Waals surface area contributed by atoms with Gasteiger partial charge in [-0.3, -0.25) is 0 Å². The van der Waals surface area contributed by atoms with Crippen molar-refractivity contribution in [2.45, 2.75) is 0 Å². The maximum atomic E-state index is 6.93. The van der Waals surface area contributed by atoms with Gasteiger partial charge in [-0.25, -0.2) is 0 Å². The molecular formula is C24H25B12NO2. The molecule has 3 heterocycles. The zero-order chi connectivity index (χ0) is 28.0. The summed E-state index contributed by atoms with van der Waals surface area (Å²) in [5, 5.41) is 7.27. The van der Waals surface area contributed by atoms with Crippen LogP contribution < -0.4 is 65.6 Å². The summed E-state index contributed by atoms with van der Waals surface area (Å²) in [6.45, 7) is 0. The number of hydrogen-bond donors (Lipinski definition) is 1. The van der Waals surface area contributed by atoms with Crippen LogP contribution in [0.1, 0.15) is 0 Å². The molecule has 0 saturated heterocycles. The Labute approximate surface area is 238 Å². The minimum Gasteiger partial charge on any atom is -0.456 e. The summed E-state index contributed by atoms with van der Waals surface area (Å²) in [6.07, 6.45) is 0. The van der Waals surface area contributed by atoms with E-state index in [0.29, 0.717) is 0 Å². The fourth-order valence-electron chi connectivity index (χ4n) is 7.28. The fourth-order valence-corrected chi connectivity index (χ4v) is 7.28.